The number of benzene rings is 1. The summed E-state index contributed by atoms with van der Waals surface area (Å²) < 4.78 is 5.58. The summed E-state index contributed by atoms with van der Waals surface area (Å²) in [5.74, 6) is 9.13. The van der Waals surface area contributed by atoms with Crippen LogP contribution in [-0.2, 0) is 0 Å². The summed E-state index contributed by atoms with van der Waals surface area (Å²) >= 11 is 0. The van der Waals surface area contributed by atoms with Gasteiger partial charge in [-0.3, -0.25) is 0 Å². The second kappa shape index (κ2) is 10.9. The highest BCUT2D eigenvalue weighted by molar-refractivity contribution is 5.40. The van der Waals surface area contributed by atoms with Crippen molar-refractivity contribution >= 4 is 0 Å². The van der Waals surface area contributed by atoms with Crippen LogP contribution in [0.5, 0.6) is 5.75 Å². The molecule has 0 aliphatic heterocycles. The Morgan fingerprint density at radius 3 is 2.29 bits per heavy atom. The molecule has 0 saturated heterocycles. The Balaban J connectivity index is 1.53. The normalized spacial score (nSPS) is 18.9. The molecule has 3 heteroatoms. The van der Waals surface area contributed by atoms with Crippen LogP contribution in [0, 0.1) is 17.8 Å². The Labute approximate surface area is 170 Å². The van der Waals surface area contributed by atoms with Crippen molar-refractivity contribution in [2.45, 2.75) is 71.1 Å². The average molecular weight is 377 g/mol. The van der Waals surface area contributed by atoms with Crippen LogP contribution in [0.1, 0.15) is 88.1 Å². The van der Waals surface area contributed by atoms with E-state index in [1.165, 1.54) is 44.1 Å². The third-order valence-corrected chi connectivity index (χ3v) is 5.64. The van der Waals surface area contributed by atoms with Gasteiger partial charge in [-0.25, -0.2) is 9.97 Å². The molecule has 28 heavy (non-hydrogen) atoms. The first-order chi connectivity index (χ1) is 13.8. The molecule has 1 aliphatic carbocycles. The molecule has 2 aromatic rings. The minimum Gasteiger partial charge on any atom is -0.490 e. The summed E-state index contributed by atoms with van der Waals surface area (Å²) in [5.41, 5.74) is 2.47. The van der Waals surface area contributed by atoms with Crippen molar-refractivity contribution in [3.63, 3.8) is 0 Å². The number of hydrogen-bond donors (Lipinski definition) is 0. The van der Waals surface area contributed by atoms with E-state index in [4.69, 9.17) is 4.74 Å². The second-order valence-electron chi connectivity index (χ2n) is 7.82. The van der Waals surface area contributed by atoms with Crippen molar-refractivity contribution in [3.8, 4) is 17.6 Å². The van der Waals surface area contributed by atoms with Crippen molar-refractivity contribution in [2.75, 3.05) is 6.61 Å². The molecule has 1 aliphatic rings. The topological polar surface area (TPSA) is 35.0 Å². The predicted octanol–water partition coefficient (Wildman–Crippen LogP) is 6.13. The van der Waals surface area contributed by atoms with Gasteiger partial charge in [0.2, 0.25) is 5.82 Å². The number of nitrogens with zero attached hydrogens (tertiary/aromatic N) is 2. The molecule has 1 aromatic heterocycles. The van der Waals surface area contributed by atoms with Crippen molar-refractivity contribution in [1.82, 2.24) is 9.97 Å². The maximum atomic E-state index is 5.58. The Kier molecular flexibility index (Phi) is 7.91. The van der Waals surface area contributed by atoms with Gasteiger partial charge in [0.1, 0.15) is 0 Å². The summed E-state index contributed by atoms with van der Waals surface area (Å²) in [6, 6.07) is 8.76. The van der Waals surface area contributed by atoms with Crippen LogP contribution in [0.25, 0.3) is 0 Å². The predicted molar refractivity (Wildman–Crippen MR) is 114 cm³/mol. The largest absolute Gasteiger partial charge is 0.490 e. The minimum atomic E-state index is 0.529. The quantitative estimate of drug-likeness (QED) is 0.431. The molecular weight excluding hydrogens is 344 g/mol. The lowest BCUT2D eigenvalue weighted by molar-refractivity contribution is 0.307. The SMILES string of the molecule is CCCCOc1cnc(C#Cc2ccc(C3CCC(CCC)CC3)cc2)nc1. The minimum absolute atomic E-state index is 0.529. The van der Waals surface area contributed by atoms with Crippen LogP contribution in [-0.4, -0.2) is 16.6 Å². The van der Waals surface area contributed by atoms with Gasteiger partial charge in [0, 0.05) is 5.56 Å². The first-order valence-electron chi connectivity index (χ1n) is 10.8. The van der Waals surface area contributed by atoms with Gasteiger partial charge in [0.25, 0.3) is 0 Å². The monoisotopic (exact) mass is 376 g/mol. The van der Waals surface area contributed by atoms with Crippen molar-refractivity contribution in [3.05, 3.63) is 53.6 Å². The first-order valence-corrected chi connectivity index (χ1v) is 10.8. The summed E-state index contributed by atoms with van der Waals surface area (Å²) in [4.78, 5) is 8.55. The summed E-state index contributed by atoms with van der Waals surface area (Å²) in [5, 5.41) is 0. The summed E-state index contributed by atoms with van der Waals surface area (Å²) in [7, 11) is 0. The van der Waals surface area contributed by atoms with E-state index in [1.54, 1.807) is 12.4 Å². The van der Waals surface area contributed by atoms with E-state index < -0.39 is 0 Å². The lowest BCUT2D eigenvalue weighted by Crippen LogP contribution is -2.13. The molecule has 3 nitrogen and oxygen atoms in total. The molecule has 0 atom stereocenters. The van der Waals surface area contributed by atoms with Crippen molar-refractivity contribution < 1.29 is 4.74 Å². The van der Waals surface area contributed by atoms with E-state index in [1.807, 2.05) is 0 Å². The Morgan fingerprint density at radius 1 is 0.929 bits per heavy atom. The Bertz CT molecular complexity index is 763. The molecule has 1 saturated carbocycles. The number of aromatic nitrogens is 2. The van der Waals surface area contributed by atoms with Gasteiger partial charge >= 0.3 is 0 Å². The van der Waals surface area contributed by atoms with Gasteiger partial charge in [-0.1, -0.05) is 51.2 Å². The molecule has 0 unspecified atom stereocenters. The lowest BCUT2D eigenvalue weighted by Gasteiger charge is -2.28. The molecule has 0 radical (unpaired) electrons. The fraction of sp³-hybridized carbons (Fsp3) is 0.520. The van der Waals surface area contributed by atoms with E-state index >= 15 is 0 Å². The van der Waals surface area contributed by atoms with Gasteiger partial charge < -0.3 is 4.74 Å². The third kappa shape index (κ3) is 6.09. The number of rotatable bonds is 7. The molecule has 1 aromatic carbocycles. The van der Waals surface area contributed by atoms with Crippen LogP contribution in [0.15, 0.2) is 36.7 Å². The highest BCUT2D eigenvalue weighted by Gasteiger charge is 2.21. The van der Waals surface area contributed by atoms with Crippen LogP contribution in [0.4, 0.5) is 0 Å². The van der Waals surface area contributed by atoms with Crippen molar-refractivity contribution in [1.29, 1.82) is 0 Å². The van der Waals surface area contributed by atoms with Crippen LogP contribution < -0.4 is 4.74 Å². The Morgan fingerprint density at radius 2 is 1.64 bits per heavy atom. The summed E-state index contributed by atoms with van der Waals surface area (Å²) in [6.07, 6.45) is 13.7. The zero-order chi connectivity index (χ0) is 19.6. The number of unbranched alkanes of at least 4 members (excludes halogenated alkanes) is 1. The zero-order valence-corrected chi connectivity index (χ0v) is 17.3. The standard InChI is InChI=1S/C25H32N2O/c1-3-5-17-28-24-18-26-25(27-19-24)16-11-21-9-14-23(15-10-21)22-12-7-20(6-4-2)8-13-22/h9-10,14-15,18-20,22H,3-8,12-13,17H2,1-2H3. The molecule has 1 heterocycles. The lowest BCUT2D eigenvalue weighted by atomic mass is 9.77. The maximum absolute atomic E-state index is 5.58. The fourth-order valence-corrected chi connectivity index (χ4v) is 3.95. The van der Waals surface area contributed by atoms with E-state index in [0.29, 0.717) is 18.2 Å². The molecule has 0 N–H and O–H groups in total. The van der Waals surface area contributed by atoms with E-state index in [-0.39, 0.29) is 0 Å². The average Bonchev–Trinajstić information content (AvgIpc) is 2.75. The van der Waals surface area contributed by atoms with Gasteiger partial charge in [-0.2, -0.15) is 0 Å². The van der Waals surface area contributed by atoms with E-state index in [2.05, 4.69) is 59.9 Å². The molecule has 0 bridgehead atoms. The van der Waals surface area contributed by atoms with Crippen LogP contribution >= 0.6 is 0 Å². The Hall–Kier alpha value is -2.34. The highest BCUT2D eigenvalue weighted by Crippen LogP contribution is 2.37. The molecule has 148 valence electrons. The number of ether oxygens (including phenoxy) is 1. The van der Waals surface area contributed by atoms with Gasteiger partial charge in [-0.05, 0) is 67.6 Å². The fourth-order valence-electron chi connectivity index (χ4n) is 3.95. The van der Waals surface area contributed by atoms with Gasteiger partial charge in [0.05, 0.1) is 19.0 Å². The van der Waals surface area contributed by atoms with Gasteiger partial charge in [0.15, 0.2) is 5.75 Å². The molecule has 1 fully saturated rings. The van der Waals surface area contributed by atoms with E-state index in [0.717, 1.165) is 30.2 Å². The molecule has 0 spiro atoms. The van der Waals surface area contributed by atoms with Gasteiger partial charge in [-0.15, -0.1) is 0 Å². The molecule has 0 amide bonds. The zero-order valence-electron chi connectivity index (χ0n) is 17.3. The van der Waals surface area contributed by atoms with Crippen molar-refractivity contribution in [2.24, 2.45) is 5.92 Å². The smallest absolute Gasteiger partial charge is 0.205 e. The summed E-state index contributed by atoms with van der Waals surface area (Å²) in [6.45, 7) is 5.15. The third-order valence-electron chi connectivity index (χ3n) is 5.64. The number of hydrogen-bond acceptors (Lipinski definition) is 3. The van der Waals surface area contributed by atoms with Crippen LogP contribution in [0.2, 0.25) is 0 Å². The first kappa shape index (κ1) is 20.4. The molecule has 3 rings (SSSR count). The second-order valence-corrected chi connectivity index (χ2v) is 7.82. The molecular formula is C25H32N2O. The van der Waals surface area contributed by atoms with E-state index in [9.17, 15) is 0 Å². The highest BCUT2D eigenvalue weighted by atomic mass is 16.5. The van der Waals surface area contributed by atoms with Crippen LogP contribution in [0.3, 0.4) is 0 Å². The maximum Gasteiger partial charge on any atom is 0.205 e.